The highest BCUT2D eigenvalue weighted by Gasteiger charge is 2.23. The molecule has 1 aliphatic heterocycles. The summed E-state index contributed by atoms with van der Waals surface area (Å²) in [5.74, 6) is 1.58. The normalized spacial score (nSPS) is 27.6. The molecule has 1 saturated heterocycles. The summed E-state index contributed by atoms with van der Waals surface area (Å²) in [6.45, 7) is 10.6. The van der Waals surface area contributed by atoms with Crippen LogP contribution in [0.1, 0.15) is 46.5 Å². The van der Waals surface area contributed by atoms with Crippen molar-refractivity contribution in [3.05, 3.63) is 0 Å². The van der Waals surface area contributed by atoms with Crippen molar-refractivity contribution in [2.75, 3.05) is 19.6 Å². The number of likely N-dealkylation sites (tertiary alicyclic amines) is 1. The van der Waals surface area contributed by atoms with Gasteiger partial charge in [-0.1, -0.05) is 20.3 Å². The van der Waals surface area contributed by atoms with E-state index in [-0.39, 0.29) is 0 Å². The molecular formula is C13H28N2. The summed E-state index contributed by atoms with van der Waals surface area (Å²) in [6.07, 6.45) is 5.34. The van der Waals surface area contributed by atoms with Crippen molar-refractivity contribution in [3.8, 4) is 0 Å². The molecule has 2 N–H and O–H groups in total. The summed E-state index contributed by atoms with van der Waals surface area (Å²) < 4.78 is 0. The van der Waals surface area contributed by atoms with E-state index >= 15 is 0 Å². The monoisotopic (exact) mass is 212 g/mol. The molecule has 0 aromatic carbocycles. The number of piperidine rings is 1. The van der Waals surface area contributed by atoms with Crippen LogP contribution in [0.3, 0.4) is 0 Å². The standard InChI is InChI=1S/C13H28N2/c1-4-6-11(2)9-15-8-5-7-13(10-15)12(3)14/h11-13H,4-10,14H2,1-3H3. The van der Waals surface area contributed by atoms with Crippen LogP contribution in [0.4, 0.5) is 0 Å². The van der Waals surface area contributed by atoms with Gasteiger partial charge in [-0.25, -0.2) is 0 Å². The maximum absolute atomic E-state index is 5.99. The molecule has 2 heteroatoms. The van der Waals surface area contributed by atoms with E-state index in [1.807, 2.05) is 0 Å². The zero-order valence-corrected chi connectivity index (χ0v) is 10.7. The molecule has 15 heavy (non-hydrogen) atoms. The molecule has 0 aliphatic carbocycles. The Morgan fingerprint density at radius 1 is 1.40 bits per heavy atom. The number of nitrogens with two attached hydrogens (primary N) is 1. The second kappa shape index (κ2) is 6.49. The average molecular weight is 212 g/mol. The first-order valence-electron chi connectivity index (χ1n) is 6.61. The molecule has 3 unspecified atom stereocenters. The van der Waals surface area contributed by atoms with Crippen LogP contribution in [0.2, 0.25) is 0 Å². The fourth-order valence-electron chi connectivity index (χ4n) is 2.71. The number of rotatable bonds is 5. The van der Waals surface area contributed by atoms with Crippen molar-refractivity contribution in [1.82, 2.24) is 4.90 Å². The quantitative estimate of drug-likeness (QED) is 0.758. The highest BCUT2D eigenvalue weighted by Crippen LogP contribution is 2.20. The number of hydrogen-bond acceptors (Lipinski definition) is 2. The Morgan fingerprint density at radius 2 is 2.13 bits per heavy atom. The lowest BCUT2D eigenvalue weighted by atomic mass is 9.91. The molecule has 0 bridgehead atoms. The van der Waals surface area contributed by atoms with Gasteiger partial charge in [-0.3, -0.25) is 0 Å². The topological polar surface area (TPSA) is 29.3 Å². The van der Waals surface area contributed by atoms with Crippen LogP contribution in [0.5, 0.6) is 0 Å². The molecule has 2 nitrogen and oxygen atoms in total. The van der Waals surface area contributed by atoms with Gasteiger partial charge in [0.25, 0.3) is 0 Å². The summed E-state index contributed by atoms with van der Waals surface area (Å²) >= 11 is 0. The van der Waals surface area contributed by atoms with E-state index < -0.39 is 0 Å². The maximum Gasteiger partial charge on any atom is 0.00509 e. The average Bonchev–Trinajstić information content (AvgIpc) is 2.18. The first kappa shape index (κ1) is 13.0. The minimum atomic E-state index is 0.370. The minimum absolute atomic E-state index is 0.370. The summed E-state index contributed by atoms with van der Waals surface area (Å²) in [6, 6.07) is 0.370. The third-order valence-corrected chi connectivity index (χ3v) is 3.64. The maximum atomic E-state index is 5.99. The lowest BCUT2D eigenvalue weighted by molar-refractivity contribution is 0.141. The Bertz CT molecular complexity index is 168. The van der Waals surface area contributed by atoms with Crippen molar-refractivity contribution < 1.29 is 0 Å². The third-order valence-electron chi connectivity index (χ3n) is 3.64. The SMILES string of the molecule is CCCC(C)CN1CCCC(C(C)N)C1. The van der Waals surface area contributed by atoms with Gasteiger partial charge in [-0.05, 0) is 44.6 Å². The Kier molecular flexibility index (Phi) is 5.62. The first-order valence-corrected chi connectivity index (χ1v) is 6.61. The van der Waals surface area contributed by atoms with Crippen molar-refractivity contribution in [3.63, 3.8) is 0 Å². The highest BCUT2D eigenvalue weighted by atomic mass is 15.1. The fraction of sp³-hybridized carbons (Fsp3) is 1.00. The van der Waals surface area contributed by atoms with Crippen LogP contribution >= 0.6 is 0 Å². The Balaban J connectivity index is 2.29. The van der Waals surface area contributed by atoms with E-state index in [1.54, 1.807) is 0 Å². The van der Waals surface area contributed by atoms with Crippen LogP contribution in [0.25, 0.3) is 0 Å². The molecule has 1 fully saturated rings. The van der Waals surface area contributed by atoms with E-state index in [9.17, 15) is 0 Å². The second-order valence-electron chi connectivity index (χ2n) is 5.41. The molecule has 1 heterocycles. The minimum Gasteiger partial charge on any atom is -0.328 e. The molecule has 1 rings (SSSR count). The largest absolute Gasteiger partial charge is 0.328 e. The van der Waals surface area contributed by atoms with E-state index in [0.29, 0.717) is 6.04 Å². The van der Waals surface area contributed by atoms with Crippen LogP contribution in [-0.4, -0.2) is 30.6 Å². The molecule has 0 aromatic rings. The highest BCUT2D eigenvalue weighted by molar-refractivity contribution is 4.79. The van der Waals surface area contributed by atoms with E-state index in [0.717, 1.165) is 11.8 Å². The molecule has 90 valence electrons. The summed E-state index contributed by atoms with van der Waals surface area (Å²) in [4.78, 5) is 2.62. The van der Waals surface area contributed by atoms with E-state index in [2.05, 4.69) is 25.7 Å². The molecule has 0 radical (unpaired) electrons. The zero-order valence-electron chi connectivity index (χ0n) is 10.7. The molecule has 3 atom stereocenters. The molecule has 0 spiro atoms. The van der Waals surface area contributed by atoms with Gasteiger partial charge in [0.1, 0.15) is 0 Å². The molecule has 1 aliphatic rings. The summed E-state index contributed by atoms with van der Waals surface area (Å²) in [5, 5.41) is 0. The van der Waals surface area contributed by atoms with Gasteiger partial charge in [0.2, 0.25) is 0 Å². The van der Waals surface area contributed by atoms with Gasteiger partial charge in [0.05, 0.1) is 0 Å². The first-order chi connectivity index (χ1) is 7.13. The fourth-order valence-corrected chi connectivity index (χ4v) is 2.71. The summed E-state index contributed by atoms with van der Waals surface area (Å²) in [5.41, 5.74) is 5.99. The second-order valence-corrected chi connectivity index (χ2v) is 5.41. The van der Waals surface area contributed by atoms with E-state index in [4.69, 9.17) is 5.73 Å². The molecule has 0 amide bonds. The predicted octanol–water partition coefficient (Wildman–Crippen LogP) is 2.48. The van der Waals surface area contributed by atoms with Crippen LogP contribution in [-0.2, 0) is 0 Å². The predicted molar refractivity (Wildman–Crippen MR) is 66.9 cm³/mol. The van der Waals surface area contributed by atoms with Crippen LogP contribution < -0.4 is 5.73 Å². The van der Waals surface area contributed by atoms with Crippen molar-refractivity contribution in [2.45, 2.75) is 52.5 Å². The number of hydrogen-bond donors (Lipinski definition) is 1. The van der Waals surface area contributed by atoms with Crippen molar-refractivity contribution in [1.29, 1.82) is 0 Å². The summed E-state index contributed by atoms with van der Waals surface area (Å²) in [7, 11) is 0. The molecule has 0 saturated carbocycles. The zero-order chi connectivity index (χ0) is 11.3. The van der Waals surface area contributed by atoms with Gasteiger partial charge in [-0.15, -0.1) is 0 Å². The smallest absolute Gasteiger partial charge is 0.00509 e. The Labute approximate surface area is 95.2 Å². The van der Waals surface area contributed by atoms with Gasteiger partial charge < -0.3 is 10.6 Å². The lowest BCUT2D eigenvalue weighted by Crippen LogP contribution is -2.43. The third kappa shape index (κ3) is 4.52. The van der Waals surface area contributed by atoms with Crippen molar-refractivity contribution >= 4 is 0 Å². The molecule has 0 aromatic heterocycles. The van der Waals surface area contributed by atoms with Crippen LogP contribution in [0.15, 0.2) is 0 Å². The van der Waals surface area contributed by atoms with Gasteiger partial charge in [0.15, 0.2) is 0 Å². The van der Waals surface area contributed by atoms with Crippen molar-refractivity contribution in [2.24, 2.45) is 17.6 Å². The molecular weight excluding hydrogens is 184 g/mol. The van der Waals surface area contributed by atoms with E-state index in [1.165, 1.54) is 45.3 Å². The van der Waals surface area contributed by atoms with Gasteiger partial charge in [-0.2, -0.15) is 0 Å². The lowest BCUT2D eigenvalue weighted by Gasteiger charge is -2.36. The van der Waals surface area contributed by atoms with Gasteiger partial charge >= 0.3 is 0 Å². The Morgan fingerprint density at radius 3 is 2.73 bits per heavy atom. The van der Waals surface area contributed by atoms with Gasteiger partial charge in [0, 0.05) is 19.1 Å². The Hall–Kier alpha value is -0.0800. The van der Waals surface area contributed by atoms with Crippen LogP contribution in [0, 0.1) is 11.8 Å². The number of nitrogens with zero attached hydrogens (tertiary/aromatic N) is 1.